The fraction of sp³-hybridized carbons (Fsp3) is 0.727. The van der Waals surface area contributed by atoms with Crippen molar-refractivity contribution in [2.75, 3.05) is 23.4 Å². The van der Waals surface area contributed by atoms with Gasteiger partial charge in [0, 0.05) is 19.8 Å². The molecule has 15 heavy (non-hydrogen) atoms. The van der Waals surface area contributed by atoms with Crippen LogP contribution in [0.4, 0.5) is 5.69 Å². The molecule has 1 fully saturated rings. The molecular weight excluding hydrogens is 206 g/mol. The second-order valence-corrected chi connectivity index (χ2v) is 5.28. The molecule has 2 rings (SSSR count). The molecule has 3 nitrogen and oxygen atoms in total. The van der Waals surface area contributed by atoms with Crippen LogP contribution in [0.3, 0.4) is 0 Å². The minimum absolute atomic E-state index is 0.847. The summed E-state index contributed by atoms with van der Waals surface area (Å²) in [6.45, 7) is 3.25. The highest BCUT2D eigenvalue weighted by atomic mass is 32.2. The molecule has 1 atom stereocenters. The molecule has 1 aliphatic rings. The minimum Gasteiger partial charge on any atom is -0.382 e. The molecule has 0 amide bonds. The summed E-state index contributed by atoms with van der Waals surface area (Å²) < 4.78 is 1.89. The molecule has 0 aromatic carbocycles. The van der Waals surface area contributed by atoms with Gasteiger partial charge in [-0.05, 0) is 30.3 Å². The largest absolute Gasteiger partial charge is 0.382 e. The third kappa shape index (κ3) is 2.68. The second kappa shape index (κ2) is 4.92. The van der Waals surface area contributed by atoms with Crippen molar-refractivity contribution in [3.05, 3.63) is 11.9 Å². The van der Waals surface area contributed by atoms with Crippen LogP contribution in [0.1, 0.15) is 19.0 Å². The Morgan fingerprint density at radius 1 is 1.67 bits per heavy atom. The number of anilines is 1. The fourth-order valence-electron chi connectivity index (χ4n) is 1.94. The highest BCUT2D eigenvalue weighted by Gasteiger charge is 2.15. The zero-order valence-corrected chi connectivity index (χ0v) is 10.3. The van der Waals surface area contributed by atoms with E-state index in [0.29, 0.717) is 0 Å². The molecule has 0 saturated carbocycles. The number of thioether (sulfide) groups is 1. The lowest BCUT2D eigenvalue weighted by atomic mass is 10.1. The molecule has 0 radical (unpaired) electrons. The molecular formula is C11H19N3S. The predicted octanol–water partition coefficient (Wildman–Crippen LogP) is 2.15. The summed E-state index contributed by atoms with van der Waals surface area (Å²) in [5, 5.41) is 7.95. The van der Waals surface area contributed by atoms with Gasteiger partial charge in [-0.1, -0.05) is 6.92 Å². The Bertz CT molecular complexity index is 316. The monoisotopic (exact) mass is 225 g/mol. The zero-order valence-electron chi connectivity index (χ0n) is 9.49. The molecule has 1 aliphatic heterocycles. The summed E-state index contributed by atoms with van der Waals surface area (Å²) in [7, 11) is 1.98. The van der Waals surface area contributed by atoms with E-state index in [1.54, 1.807) is 0 Å². The highest BCUT2D eigenvalue weighted by Crippen LogP contribution is 2.24. The van der Waals surface area contributed by atoms with Crippen LogP contribution >= 0.6 is 11.8 Å². The molecule has 0 aliphatic carbocycles. The van der Waals surface area contributed by atoms with Gasteiger partial charge >= 0.3 is 0 Å². The van der Waals surface area contributed by atoms with E-state index in [2.05, 4.69) is 35.3 Å². The van der Waals surface area contributed by atoms with Gasteiger partial charge in [-0.15, -0.1) is 0 Å². The van der Waals surface area contributed by atoms with Crippen molar-refractivity contribution in [1.82, 2.24) is 9.78 Å². The van der Waals surface area contributed by atoms with Crippen LogP contribution in [-0.2, 0) is 13.5 Å². The summed E-state index contributed by atoms with van der Waals surface area (Å²) >= 11 is 2.07. The summed E-state index contributed by atoms with van der Waals surface area (Å²) in [6.07, 6.45) is 4.45. The third-order valence-corrected chi connectivity index (χ3v) is 4.08. The molecule has 4 heteroatoms. The van der Waals surface area contributed by atoms with Crippen molar-refractivity contribution in [2.24, 2.45) is 13.0 Å². The molecule has 84 valence electrons. The first kappa shape index (κ1) is 10.9. The van der Waals surface area contributed by atoms with Crippen molar-refractivity contribution in [2.45, 2.75) is 19.8 Å². The number of rotatable bonds is 4. The highest BCUT2D eigenvalue weighted by molar-refractivity contribution is 7.99. The van der Waals surface area contributed by atoms with Gasteiger partial charge in [0.25, 0.3) is 0 Å². The maximum atomic E-state index is 4.42. The number of aryl methyl sites for hydroxylation is 2. The number of hydrogen-bond acceptors (Lipinski definition) is 3. The van der Waals surface area contributed by atoms with Crippen LogP contribution in [0.5, 0.6) is 0 Å². The van der Waals surface area contributed by atoms with Crippen LogP contribution < -0.4 is 5.32 Å². The Morgan fingerprint density at radius 2 is 2.53 bits per heavy atom. The Balaban J connectivity index is 1.91. The van der Waals surface area contributed by atoms with Crippen molar-refractivity contribution < 1.29 is 0 Å². The summed E-state index contributed by atoms with van der Waals surface area (Å²) in [6, 6.07) is 0. The molecule has 2 heterocycles. The number of aromatic nitrogens is 2. The fourth-order valence-corrected chi connectivity index (χ4v) is 3.23. The Morgan fingerprint density at radius 3 is 3.20 bits per heavy atom. The first-order valence-electron chi connectivity index (χ1n) is 5.63. The molecule has 0 spiro atoms. The van der Waals surface area contributed by atoms with E-state index < -0.39 is 0 Å². The van der Waals surface area contributed by atoms with E-state index in [9.17, 15) is 0 Å². The van der Waals surface area contributed by atoms with Gasteiger partial charge in [0.2, 0.25) is 0 Å². The van der Waals surface area contributed by atoms with Crippen molar-refractivity contribution in [3.63, 3.8) is 0 Å². The Hall–Kier alpha value is -0.640. The maximum absolute atomic E-state index is 4.42. The Kier molecular flexibility index (Phi) is 3.57. The van der Waals surface area contributed by atoms with Crippen molar-refractivity contribution in [1.29, 1.82) is 0 Å². The molecule has 1 saturated heterocycles. The zero-order chi connectivity index (χ0) is 10.7. The molecule has 1 aromatic rings. The van der Waals surface area contributed by atoms with E-state index in [1.807, 2.05) is 11.7 Å². The third-order valence-electron chi connectivity index (χ3n) is 2.85. The van der Waals surface area contributed by atoms with Gasteiger partial charge in [-0.25, -0.2) is 0 Å². The van der Waals surface area contributed by atoms with E-state index in [-0.39, 0.29) is 0 Å². The lowest BCUT2D eigenvalue weighted by molar-refractivity contribution is 0.631. The van der Waals surface area contributed by atoms with E-state index in [4.69, 9.17) is 0 Å². The Labute approximate surface area is 95.6 Å². The van der Waals surface area contributed by atoms with Crippen molar-refractivity contribution in [3.8, 4) is 0 Å². The van der Waals surface area contributed by atoms with E-state index in [0.717, 1.165) is 18.9 Å². The first-order chi connectivity index (χ1) is 7.29. The summed E-state index contributed by atoms with van der Waals surface area (Å²) in [5.41, 5.74) is 2.40. The quantitative estimate of drug-likeness (QED) is 0.851. The van der Waals surface area contributed by atoms with Crippen LogP contribution in [0, 0.1) is 5.92 Å². The summed E-state index contributed by atoms with van der Waals surface area (Å²) in [5.74, 6) is 3.49. The molecule has 1 N–H and O–H groups in total. The van der Waals surface area contributed by atoms with Crippen LogP contribution in [0.2, 0.25) is 0 Å². The van der Waals surface area contributed by atoms with E-state index in [1.165, 1.54) is 29.3 Å². The smallest absolute Gasteiger partial charge is 0.0853 e. The average Bonchev–Trinajstić information content (AvgIpc) is 2.83. The second-order valence-electron chi connectivity index (χ2n) is 4.13. The number of nitrogens with zero attached hydrogens (tertiary/aromatic N) is 2. The molecule has 1 aromatic heterocycles. The van der Waals surface area contributed by atoms with Crippen molar-refractivity contribution >= 4 is 17.4 Å². The summed E-state index contributed by atoms with van der Waals surface area (Å²) in [4.78, 5) is 0. The standard InChI is InChI=1S/C11H19N3S/c1-3-10-11(7-14(2)13-10)12-6-9-4-5-15-8-9/h7,9,12H,3-6,8H2,1-2H3. The maximum Gasteiger partial charge on any atom is 0.0853 e. The van der Waals surface area contributed by atoms with Gasteiger partial charge in [-0.3, -0.25) is 4.68 Å². The lowest BCUT2D eigenvalue weighted by Crippen LogP contribution is -2.13. The van der Waals surface area contributed by atoms with Gasteiger partial charge < -0.3 is 5.32 Å². The van der Waals surface area contributed by atoms with Gasteiger partial charge in [0.15, 0.2) is 0 Å². The average molecular weight is 225 g/mol. The minimum atomic E-state index is 0.847. The van der Waals surface area contributed by atoms with Gasteiger partial charge in [0.05, 0.1) is 11.4 Å². The predicted molar refractivity (Wildman–Crippen MR) is 66.5 cm³/mol. The normalized spacial score (nSPS) is 20.8. The van der Waals surface area contributed by atoms with Crippen LogP contribution in [0.15, 0.2) is 6.20 Å². The van der Waals surface area contributed by atoms with Crippen LogP contribution in [-0.4, -0.2) is 27.8 Å². The lowest BCUT2D eigenvalue weighted by Gasteiger charge is -2.10. The SMILES string of the molecule is CCc1nn(C)cc1NCC1CCSC1. The van der Waals surface area contributed by atoms with Gasteiger partial charge in [-0.2, -0.15) is 16.9 Å². The topological polar surface area (TPSA) is 29.9 Å². The van der Waals surface area contributed by atoms with Crippen LogP contribution in [0.25, 0.3) is 0 Å². The molecule has 1 unspecified atom stereocenters. The van der Waals surface area contributed by atoms with Gasteiger partial charge in [0.1, 0.15) is 0 Å². The number of hydrogen-bond donors (Lipinski definition) is 1. The first-order valence-corrected chi connectivity index (χ1v) is 6.79. The molecule has 0 bridgehead atoms. The number of nitrogens with one attached hydrogen (secondary N) is 1. The van der Waals surface area contributed by atoms with E-state index >= 15 is 0 Å².